The Morgan fingerprint density at radius 3 is 2.82 bits per heavy atom. The van der Waals surface area contributed by atoms with Crippen molar-refractivity contribution < 1.29 is 14.0 Å². The molecular formula is C7H4FNO2. The highest BCUT2D eigenvalue weighted by Gasteiger charge is 2.04. The molecule has 0 unspecified atom stereocenters. The van der Waals surface area contributed by atoms with Gasteiger partial charge in [-0.1, -0.05) is 6.07 Å². The van der Waals surface area contributed by atoms with Crippen molar-refractivity contribution in [3.8, 4) is 0 Å². The van der Waals surface area contributed by atoms with Crippen LogP contribution in [0, 0.1) is 5.95 Å². The number of aromatic nitrogens is 1. The third-order valence-corrected chi connectivity index (χ3v) is 1.07. The highest BCUT2D eigenvalue weighted by molar-refractivity contribution is 6.32. The summed E-state index contributed by atoms with van der Waals surface area (Å²) in [5.41, 5.74) is -0.167. The van der Waals surface area contributed by atoms with Crippen LogP contribution in [0.15, 0.2) is 18.2 Å². The minimum atomic E-state index is -0.815. The summed E-state index contributed by atoms with van der Waals surface area (Å²) in [6.45, 7) is 0. The van der Waals surface area contributed by atoms with Crippen molar-refractivity contribution in [1.82, 2.24) is 4.98 Å². The summed E-state index contributed by atoms with van der Waals surface area (Å²) in [7, 11) is 0. The molecule has 0 bridgehead atoms. The molecule has 0 aliphatic carbocycles. The van der Waals surface area contributed by atoms with E-state index in [1.54, 1.807) is 0 Å². The molecule has 1 rings (SSSR count). The van der Waals surface area contributed by atoms with Crippen molar-refractivity contribution in [3.05, 3.63) is 29.8 Å². The first kappa shape index (κ1) is 7.53. The molecule has 0 radical (unpaired) electrons. The highest BCUT2D eigenvalue weighted by Crippen LogP contribution is 1.96. The zero-order valence-electron chi connectivity index (χ0n) is 5.45. The topological polar surface area (TPSA) is 47.0 Å². The normalized spacial score (nSPS) is 9.18. The van der Waals surface area contributed by atoms with E-state index in [2.05, 4.69) is 4.98 Å². The Hall–Kier alpha value is -1.58. The van der Waals surface area contributed by atoms with Crippen LogP contribution < -0.4 is 0 Å². The fourth-order valence-electron chi connectivity index (χ4n) is 0.606. The molecule has 0 aliphatic heterocycles. The first-order chi connectivity index (χ1) is 5.24. The number of nitrogens with zero attached hydrogens (tertiary/aromatic N) is 1. The molecule has 1 aromatic rings. The van der Waals surface area contributed by atoms with Crippen molar-refractivity contribution in [2.75, 3.05) is 0 Å². The predicted octanol–water partition coefficient (Wildman–Crippen LogP) is 0.602. The van der Waals surface area contributed by atoms with E-state index in [0.29, 0.717) is 0 Å². The number of aldehydes is 1. The molecule has 0 aromatic carbocycles. The second kappa shape index (κ2) is 3.01. The first-order valence-corrected chi connectivity index (χ1v) is 2.86. The van der Waals surface area contributed by atoms with Crippen LogP contribution in [0.4, 0.5) is 4.39 Å². The number of hydrogen-bond donors (Lipinski definition) is 0. The monoisotopic (exact) mass is 153 g/mol. The molecule has 0 saturated heterocycles. The van der Waals surface area contributed by atoms with Crippen LogP contribution in [0.5, 0.6) is 0 Å². The second-order valence-electron chi connectivity index (χ2n) is 1.83. The van der Waals surface area contributed by atoms with Gasteiger partial charge in [0.2, 0.25) is 11.7 Å². The van der Waals surface area contributed by atoms with E-state index in [9.17, 15) is 14.0 Å². The van der Waals surface area contributed by atoms with Gasteiger partial charge in [-0.15, -0.1) is 0 Å². The number of ketones is 1. The maximum absolute atomic E-state index is 12.3. The smallest absolute Gasteiger partial charge is 0.243 e. The molecule has 56 valence electrons. The minimum Gasteiger partial charge on any atom is -0.294 e. The highest BCUT2D eigenvalue weighted by atomic mass is 19.1. The third kappa shape index (κ3) is 1.67. The fourth-order valence-corrected chi connectivity index (χ4v) is 0.606. The molecule has 0 atom stereocenters. The molecule has 1 aromatic heterocycles. The summed E-state index contributed by atoms with van der Waals surface area (Å²) in [6.07, 6.45) is 0.0990. The maximum atomic E-state index is 12.3. The van der Waals surface area contributed by atoms with E-state index in [0.717, 1.165) is 6.07 Å². The van der Waals surface area contributed by atoms with Crippen molar-refractivity contribution in [2.45, 2.75) is 0 Å². The van der Waals surface area contributed by atoms with E-state index in [1.807, 2.05) is 0 Å². The second-order valence-corrected chi connectivity index (χ2v) is 1.83. The molecule has 3 nitrogen and oxygen atoms in total. The van der Waals surface area contributed by atoms with E-state index in [4.69, 9.17) is 0 Å². The van der Waals surface area contributed by atoms with E-state index < -0.39 is 11.7 Å². The summed E-state index contributed by atoms with van der Waals surface area (Å²) >= 11 is 0. The largest absolute Gasteiger partial charge is 0.294 e. The van der Waals surface area contributed by atoms with Crippen LogP contribution in [0.1, 0.15) is 10.5 Å². The van der Waals surface area contributed by atoms with Gasteiger partial charge >= 0.3 is 0 Å². The predicted molar refractivity (Wildman–Crippen MR) is 34.6 cm³/mol. The Morgan fingerprint density at radius 2 is 2.27 bits per heavy atom. The van der Waals surface area contributed by atoms with Gasteiger partial charge in [0.15, 0.2) is 6.29 Å². The Balaban J connectivity index is 3.05. The fraction of sp³-hybridized carbons (Fsp3) is 0. The van der Waals surface area contributed by atoms with Gasteiger partial charge in [-0.2, -0.15) is 4.39 Å². The van der Waals surface area contributed by atoms with Crippen LogP contribution in [-0.4, -0.2) is 17.1 Å². The van der Waals surface area contributed by atoms with Crippen LogP contribution in [-0.2, 0) is 4.79 Å². The maximum Gasteiger partial charge on any atom is 0.243 e. The molecule has 0 aliphatic rings. The first-order valence-electron chi connectivity index (χ1n) is 2.86. The molecule has 1 heterocycles. The molecule has 0 amide bonds. The summed E-state index contributed by atoms with van der Waals surface area (Å²) in [5.74, 6) is -1.58. The van der Waals surface area contributed by atoms with Gasteiger partial charge in [-0.05, 0) is 12.1 Å². The lowest BCUT2D eigenvalue weighted by Crippen LogP contribution is -2.03. The average Bonchev–Trinajstić information content (AvgIpc) is 2.03. The Kier molecular flexibility index (Phi) is 2.06. The molecule has 0 saturated carbocycles. The summed E-state index contributed by atoms with van der Waals surface area (Å²) in [6, 6.07) is 3.69. The minimum absolute atomic E-state index is 0.0990. The number of pyridine rings is 1. The molecule has 4 heteroatoms. The molecule has 0 fully saturated rings. The van der Waals surface area contributed by atoms with E-state index >= 15 is 0 Å². The van der Waals surface area contributed by atoms with Gasteiger partial charge in [0, 0.05) is 0 Å². The molecular weight excluding hydrogens is 149 g/mol. The Labute approximate surface area is 61.9 Å². The number of halogens is 1. The SMILES string of the molecule is O=CC(=O)c1cccc(F)n1. The van der Waals surface area contributed by atoms with Gasteiger partial charge in [-0.3, -0.25) is 9.59 Å². The Bertz CT molecular complexity index is 298. The number of Topliss-reactive ketones (excluding diaryl/α,β-unsaturated/α-hetero) is 1. The standard InChI is InChI=1S/C7H4FNO2/c8-7-3-1-2-5(9-7)6(11)4-10/h1-4H. The van der Waals surface area contributed by atoms with E-state index in [-0.39, 0.29) is 12.0 Å². The quantitative estimate of drug-likeness (QED) is 0.270. The third-order valence-electron chi connectivity index (χ3n) is 1.07. The van der Waals surface area contributed by atoms with Crippen LogP contribution in [0.2, 0.25) is 0 Å². The van der Waals surface area contributed by atoms with Crippen molar-refractivity contribution in [1.29, 1.82) is 0 Å². The lowest BCUT2D eigenvalue weighted by atomic mass is 10.3. The van der Waals surface area contributed by atoms with Crippen molar-refractivity contribution in [2.24, 2.45) is 0 Å². The van der Waals surface area contributed by atoms with Crippen molar-refractivity contribution >= 4 is 12.1 Å². The van der Waals surface area contributed by atoms with Gasteiger partial charge in [0.05, 0.1) is 0 Å². The van der Waals surface area contributed by atoms with Crippen LogP contribution in [0.3, 0.4) is 0 Å². The van der Waals surface area contributed by atoms with Crippen LogP contribution in [0.25, 0.3) is 0 Å². The van der Waals surface area contributed by atoms with Crippen molar-refractivity contribution in [3.63, 3.8) is 0 Å². The summed E-state index contributed by atoms with van der Waals surface area (Å²) in [4.78, 5) is 23.7. The number of carbonyl (C=O) groups is 2. The molecule has 11 heavy (non-hydrogen) atoms. The van der Waals surface area contributed by atoms with Gasteiger partial charge in [0.25, 0.3) is 0 Å². The lowest BCUT2D eigenvalue weighted by Gasteiger charge is -1.90. The van der Waals surface area contributed by atoms with Gasteiger partial charge in [-0.25, -0.2) is 4.98 Å². The average molecular weight is 153 g/mol. The number of rotatable bonds is 2. The van der Waals surface area contributed by atoms with E-state index in [1.165, 1.54) is 12.1 Å². The summed E-state index contributed by atoms with van der Waals surface area (Å²) in [5, 5.41) is 0. The van der Waals surface area contributed by atoms with Crippen LogP contribution >= 0.6 is 0 Å². The van der Waals surface area contributed by atoms with Gasteiger partial charge < -0.3 is 0 Å². The summed E-state index contributed by atoms with van der Waals surface area (Å²) < 4.78 is 12.3. The molecule has 0 N–H and O–H groups in total. The number of carbonyl (C=O) groups excluding carboxylic acids is 2. The zero-order chi connectivity index (χ0) is 8.27. The lowest BCUT2D eigenvalue weighted by molar-refractivity contribution is -0.104. The Morgan fingerprint density at radius 1 is 1.55 bits per heavy atom. The zero-order valence-corrected chi connectivity index (χ0v) is 5.45. The van der Waals surface area contributed by atoms with Gasteiger partial charge in [0.1, 0.15) is 5.69 Å². The number of hydrogen-bond acceptors (Lipinski definition) is 3. The molecule has 0 spiro atoms.